The van der Waals surface area contributed by atoms with E-state index in [1.54, 1.807) is 45.0 Å². The van der Waals surface area contributed by atoms with Gasteiger partial charge in [0.25, 0.3) is 0 Å². The molecule has 126 valence electrons. The summed E-state index contributed by atoms with van der Waals surface area (Å²) >= 11 is 0. The highest BCUT2D eigenvalue weighted by Crippen LogP contribution is 2.18. The molecule has 1 aromatic rings. The Labute approximate surface area is 137 Å². The number of para-hydroxylation sites is 1. The predicted octanol–water partition coefficient (Wildman–Crippen LogP) is 4.25. The van der Waals surface area contributed by atoms with Crippen LogP contribution in [0, 0.1) is 5.92 Å². The van der Waals surface area contributed by atoms with Gasteiger partial charge in [-0.15, -0.1) is 0 Å². The molecule has 0 saturated heterocycles. The van der Waals surface area contributed by atoms with Crippen molar-refractivity contribution in [2.45, 2.75) is 40.2 Å². The van der Waals surface area contributed by atoms with E-state index in [-0.39, 0.29) is 5.92 Å². The van der Waals surface area contributed by atoms with Crippen LogP contribution in [0.25, 0.3) is 6.08 Å². The van der Waals surface area contributed by atoms with Crippen molar-refractivity contribution < 1.29 is 19.1 Å². The van der Waals surface area contributed by atoms with E-state index in [9.17, 15) is 9.59 Å². The molecule has 0 radical (unpaired) electrons. The molecule has 0 aromatic heterocycles. The highest BCUT2D eigenvalue weighted by Gasteiger charge is 2.16. The molecule has 5 nitrogen and oxygen atoms in total. The molecular formula is C18H25NO4. The van der Waals surface area contributed by atoms with Crippen molar-refractivity contribution >= 4 is 23.8 Å². The molecule has 1 N–H and O–H groups in total. The molecular weight excluding hydrogens is 294 g/mol. The van der Waals surface area contributed by atoms with E-state index in [0.717, 1.165) is 0 Å². The Hall–Kier alpha value is -2.30. The second-order valence-corrected chi connectivity index (χ2v) is 6.57. The fraction of sp³-hybridized carbons (Fsp3) is 0.444. The Morgan fingerprint density at radius 2 is 1.87 bits per heavy atom. The summed E-state index contributed by atoms with van der Waals surface area (Å²) in [6.45, 7) is 9.70. The van der Waals surface area contributed by atoms with Gasteiger partial charge < -0.3 is 9.47 Å². The number of rotatable bonds is 5. The summed E-state index contributed by atoms with van der Waals surface area (Å²) < 4.78 is 10.3. The minimum absolute atomic E-state index is 0.286. The number of amides is 1. The van der Waals surface area contributed by atoms with E-state index in [0.29, 0.717) is 17.9 Å². The maximum absolute atomic E-state index is 11.8. The Kier molecular flexibility index (Phi) is 6.82. The minimum Gasteiger partial charge on any atom is -0.462 e. The van der Waals surface area contributed by atoms with Gasteiger partial charge >= 0.3 is 12.1 Å². The zero-order chi connectivity index (χ0) is 17.5. The van der Waals surface area contributed by atoms with Crippen LogP contribution in [0.2, 0.25) is 0 Å². The largest absolute Gasteiger partial charge is 0.462 e. The van der Waals surface area contributed by atoms with E-state index < -0.39 is 17.7 Å². The second kappa shape index (κ2) is 8.36. The number of anilines is 1. The molecule has 1 rings (SSSR count). The van der Waals surface area contributed by atoms with Crippen LogP contribution < -0.4 is 5.32 Å². The van der Waals surface area contributed by atoms with Gasteiger partial charge in [0.1, 0.15) is 5.60 Å². The van der Waals surface area contributed by atoms with Crippen molar-refractivity contribution in [1.29, 1.82) is 0 Å². The molecule has 0 aliphatic carbocycles. The van der Waals surface area contributed by atoms with Crippen molar-refractivity contribution in [3.05, 3.63) is 35.9 Å². The Bertz CT molecular complexity index is 571. The number of esters is 1. The normalized spacial score (nSPS) is 11.6. The van der Waals surface area contributed by atoms with E-state index in [4.69, 9.17) is 9.47 Å². The molecule has 23 heavy (non-hydrogen) atoms. The van der Waals surface area contributed by atoms with Crippen LogP contribution in [0.15, 0.2) is 30.3 Å². The summed E-state index contributed by atoms with van der Waals surface area (Å²) in [6.07, 6.45) is 2.41. The molecule has 0 aliphatic rings. The van der Waals surface area contributed by atoms with Crippen molar-refractivity contribution in [2.24, 2.45) is 5.92 Å². The zero-order valence-electron chi connectivity index (χ0n) is 14.4. The van der Waals surface area contributed by atoms with Crippen LogP contribution in [0.4, 0.5) is 10.5 Å². The third kappa shape index (κ3) is 8.04. The zero-order valence-corrected chi connectivity index (χ0v) is 14.4. The number of benzene rings is 1. The summed E-state index contributed by atoms with van der Waals surface area (Å²) in [7, 11) is 0. The SMILES string of the molecule is CC(C)COC(=O)/C=C/c1ccccc1NC(=O)OC(C)(C)C. The maximum atomic E-state index is 11.8. The lowest BCUT2D eigenvalue weighted by atomic mass is 10.1. The standard InChI is InChI=1S/C18H25NO4/c1-13(2)12-22-16(20)11-10-14-8-6-7-9-15(14)19-17(21)23-18(3,4)5/h6-11,13H,12H2,1-5H3,(H,19,21)/b11-10+. The van der Waals surface area contributed by atoms with Crippen molar-refractivity contribution in [3.8, 4) is 0 Å². The molecule has 0 unspecified atom stereocenters. The second-order valence-electron chi connectivity index (χ2n) is 6.57. The monoisotopic (exact) mass is 319 g/mol. The molecule has 0 fully saturated rings. The molecule has 0 atom stereocenters. The Morgan fingerprint density at radius 1 is 1.22 bits per heavy atom. The number of hydrogen-bond donors (Lipinski definition) is 1. The third-order valence-corrected chi connectivity index (χ3v) is 2.55. The highest BCUT2D eigenvalue weighted by atomic mass is 16.6. The lowest BCUT2D eigenvalue weighted by Gasteiger charge is -2.20. The summed E-state index contributed by atoms with van der Waals surface area (Å²) in [5, 5.41) is 2.68. The van der Waals surface area contributed by atoms with E-state index >= 15 is 0 Å². The Balaban J connectivity index is 2.74. The van der Waals surface area contributed by atoms with Crippen LogP contribution in [-0.2, 0) is 14.3 Å². The molecule has 0 aliphatic heterocycles. The predicted molar refractivity (Wildman–Crippen MR) is 91.1 cm³/mol. The number of carbonyl (C=O) groups excluding carboxylic acids is 2. The molecule has 0 bridgehead atoms. The first-order chi connectivity index (χ1) is 10.7. The maximum Gasteiger partial charge on any atom is 0.412 e. The number of carbonyl (C=O) groups is 2. The fourth-order valence-corrected chi connectivity index (χ4v) is 1.62. The summed E-state index contributed by atoms with van der Waals surface area (Å²) in [5.74, 6) is -0.126. The van der Waals surface area contributed by atoms with Gasteiger partial charge in [0, 0.05) is 6.08 Å². The molecule has 1 aromatic carbocycles. The van der Waals surface area contributed by atoms with Gasteiger partial charge in [0.05, 0.1) is 12.3 Å². The van der Waals surface area contributed by atoms with E-state index in [1.165, 1.54) is 6.08 Å². The van der Waals surface area contributed by atoms with Gasteiger partial charge in [-0.1, -0.05) is 32.0 Å². The average molecular weight is 319 g/mol. The minimum atomic E-state index is -0.574. The summed E-state index contributed by atoms with van der Waals surface area (Å²) in [4.78, 5) is 23.5. The Morgan fingerprint density at radius 3 is 2.48 bits per heavy atom. The molecule has 0 saturated carbocycles. The molecule has 0 heterocycles. The van der Waals surface area contributed by atoms with Crippen LogP contribution in [0.3, 0.4) is 0 Å². The number of hydrogen-bond acceptors (Lipinski definition) is 4. The fourth-order valence-electron chi connectivity index (χ4n) is 1.62. The van der Waals surface area contributed by atoms with Crippen LogP contribution >= 0.6 is 0 Å². The molecule has 1 amide bonds. The van der Waals surface area contributed by atoms with Crippen molar-refractivity contribution in [3.63, 3.8) is 0 Å². The number of ether oxygens (including phenoxy) is 2. The first-order valence-electron chi connectivity index (χ1n) is 7.61. The van der Waals surface area contributed by atoms with E-state index in [1.807, 2.05) is 19.9 Å². The quantitative estimate of drug-likeness (QED) is 0.651. The lowest BCUT2D eigenvalue weighted by Crippen LogP contribution is -2.27. The van der Waals surface area contributed by atoms with Gasteiger partial charge in [-0.05, 0) is 44.4 Å². The van der Waals surface area contributed by atoms with Crippen LogP contribution in [-0.4, -0.2) is 24.3 Å². The van der Waals surface area contributed by atoms with E-state index in [2.05, 4.69) is 5.32 Å². The first kappa shape index (κ1) is 18.7. The van der Waals surface area contributed by atoms with Crippen LogP contribution in [0.1, 0.15) is 40.2 Å². The smallest absolute Gasteiger partial charge is 0.412 e. The van der Waals surface area contributed by atoms with Crippen LogP contribution in [0.5, 0.6) is 0 Å². The summed E-state index contributed by atoms with van der Waals surface area (Å²) in [6, 6.07) is 7.14. The summed E-state index contributed by atoms with van der Waals surface area (Å²) in [5.41, 5.74) is 0.685. The third-order valence-electron chi connectivity index (χ3n) is 2.55. The first-order valence-corrected chi connectivity index (χ1v) is 7.61. The topological polar surface area (TPSA) is 64.6 Å². The van der Waals surface area contributed by atoms with Crippen molar-refractivity contribution in [1.82, 2.24) is 0 Å². The van der Waals surface area contributed by atoms with Gasteiger partial charge in [0.2, 0.25) is 0 Å². The number of nitrogens with one attached hydrogen (secondary N) is 1. The van der Waals surface area contributed by atoms with Gasteiger partial charge in [0.15, 0.2) is 0 Å². The molecule has 5 heteroatoms. The molecule has 0 spiro atoms. The van der Waals surface area contributed by atoms with Gasteiger partial charge in [-0.25, -0.2) is 9.59 Å². The average Bonchev–Trinajstić information content (AvgIpc) is 2.42. The van der Waals surface area contributed by atoms with Gasteiger partial charge in [-0.2, -0.15) is 0 Å². The van der Waals surface area contributed by atoms with Crippen molar-refractivity contribution in [2.75, 3.05) is 11.9 Å². The lowest BCUT2D eigenvalue weighted by molar-refractivity contribution is -0.138. The van der Waals surface area contributed by atoms with Gasteiger partial charge in [-0.3, -0.25) is 5.32 Å². The highest BCUT2D eigenvalue weighted by molar-refractivity contribution is 5.91.